The standard InChI is InChI=1S/C34H52N4O7S/c1-25-22-38(26(2)24-39)34(41)30-21-28(35-33(40)16-12-19-36(4)5)17-18-31(30)45-27(3)13-10-11-20-44-32(25)23-37(6)46(42,43)29-14-8-7-9-15-29/h7-9,14-15,17-18,21,25-27,32,39H,10-13,16,19-20,22-24H2,1-6H3,(H,35,40)/t25-,26-,27-,32-/m1/s1. The SMILES string of the molecule is C[C@@H]1CCCCO[C@H](CN(C)S(=O)(=O)c2ccccc2)[C@H](C)CN([C@H](C)CO)C(=O)c2cc(NC(=O)CCCN(C)C)ccc2O1. The molecule has 1 aliphatic rings. The molecular formula is C34H52N4O7S. The Morgan fingerprint density at radius 3 is 2.50 bits per heavy atom. The van der Waals surface area contributed by atoms with Gasteiger partial charge in [0.25, 0.3) is 5.91 Å². The largest absolute Gasteiger partial charge is 0.490 e. The number of rotatable bonds is 11. The predicted molar refractivity (Wildman–Crippen MR) is 180 cm³/mol. The lowest BCUT2D eigenvalue weighted by Gasteiger charge is -2.35. The normalized spacial score (nSPS) is 20.9. The van der Waals surface area contributed by atoms with Crippen molar-refractivity contribution < 1.29 is 32.6 Å². The highest BCUT2D eigenvalue weighted by Gasteiger charge is 2.32. The van der Waals surface area contributed by atoms with Crippen molar-refractivity contribution in [2.24, 2.45) is 5.92 Å². The van der Waals surface area contributed by atoms with Gasteiger partial charge in [-0.3, -0.25) is 9.59 Å². The number of nitrogens with one attached hydrogen (secondary N) is 1. The van der Waals surface area contributed by atoms with Crippen LogP contribution in [0.25, 0.3) is 0 Å². The number of carbonyl (C=O) groups excluding carboxylic acids is 2. The number of aliphatic hydroxyl groups excluding tert-OH is 1. The van der Waals surface area contributed by atoms with E-state index in [1.165, 1.54) is 11.4 Å². The molecule has 11 nitrogen and oxygen atoms in total. The summed E-state index contributed by atoms with van der Waals surface area (Å²) in [5.41, 5.74) is 0.765. The second-order valence-corrected chi connectivity index (χ2v) is 14.6. The number of ether oxygens (including phenoxy) is 2. The van der Waals surface area contributed by atoms with Crippen molar-refractivity contribution in [3.8, 4) is 5.75 Å². The first-order valence-electron chi connectivity index (χ1n) is 16.1. The van der Waals surface area contributed by atoms with Crippen LogP contribution in [-0.2, 0) is 19.6 Å². The van der Waals surface area contributed by atoms with Crippen molar-refractivity contribution >= 4 is 27.5 Å². The second-order valence-electron chi connectivity index (χ2n) is 12.6. The van der Waals surface area contributed by atoms with Crippen LogP contribution in [0.15, 0.2) is 53.4 Å². The number of fused-ring (bicyclic) bond motifs is 1. The maximum absolute atomic E-state index is 14.3. The van der Waals surface area contributed by atoms with Crippen LogP contribution in [0.3, 0.4) is 0 Å². The van der Waals surface area contributed by atoms with Crippen LogP contribution in [0, 0.1) is 5.92 Å². The minimum Gasteiger partial charge on any atom is -0.490 e. The predicted octanol–water partition coefficient (Wildman–Crippen LogP) is 4.08. The molecule has 0 unspecified atom stereocenters. The Kier molecular flexibility index (Phi) is 14.5. The van der Waals surface area contributed by atoms with E-state index >= 15 is 0 Å². The molecule has 0 saturated heterocycles. The molecule has 1 aliphatic heterocycles. The van der Waals surface area contributed by atoms with Gasteiger partial charge < -0.3 is 29.7 Å². The monoisotopic (exact) mass is 660 g/mol. The molecule has 0 aliphatic carbocycles. The van der Waals surface area contributed by atoms with E-state index in [2.05, 4.69) is 5.32 Å². The van der Waals surface area contributed by atoms with Crippen molar-refractivity contribution in [2.45, 2.75) is 76.0 Å². The van der Waals surface area contributed by atoms with Gasteiger partial charge in [0.2, 0.25) is 15.9 Å². The van der Waals surface area contributed by atoms with Crippen LogP contribution in [0.4, 0.5) is 5.69 Å². The number of aliphatic hydroxyl groups is 1. The van der Waals surface area contributed by atoms with Crippen LogP contribution < -0.4 is 10.1 Å². The second kappa shape index (κ2) is 17.8. The molecule has 0 radical (unpaired) electrons. The van der Waals surface area contributed by atoms with E-state index in [1.807, 2.05) is 32.8 Å². The number of nitrogens with zero attached hydrogens (tertiary/aromatic N) is 3. The molecule has 3 rings (SSSR count). The van der Waals surface area contributed by atoms with E-state index in [0.717, 1.165) is 25.8 Å². The molecule has 2 aromatic carbocycles. The van der Waals surface area contributed by atoms with Crippen LogP contribution in [-0.4, -0.2) is 112 Å². The molecule has 46 heavy (non-hydrogen) atoms. The Bertz CT molecular complexity index is 1370. The molecule has 0 spiro atoms. The van der Waals surface area contributed by atoms with Crippen molar-refractivity contribution in [2.75, 3.05) is 59.3 Å². The van der Waals surface area contributed by atoms with E-state index < -0.39 is 22.2 Å². The summed E-state index contributed by atoms with van der Waals surface area (Å²) in [4.78, 5) is 30.7. The molecular weight excluding hydrogens is 608 g/mol. The van der Waals surface area contributed by atoms with Crippen LogP contribution >= 0.6 is 0 Å². The maximum atomic E-state index is 14.3. The molecule has 2 aromatic rings. The first-order valence-corrected chi connectivity index (χ1v) is 17.6. The summed E-state index contributed by atoms with van der Waals surface area (Å²) in [6.45, 7) is 6.85. The smallest absolute Gasteiger partial charge is 0.258 e. The lowest BCUT2D eigenvalue weighted by Crippen LogP contribution is -2.48. The van der Waals surface area contributed by atoms with Gasteiger partial charge in [0, 0.05) is 44.8 Å². The number of hydrogen-bond acceptors (Lipinski definition) is 8. The number of carbonyl (C=O) groups is 2. The highest BCUT2D eigenvalue weighted by molar-refractivity contribution is 7.89. The van der Waals surface area contributed by atoms with Gasteiger partial charge in [-0.1, -0.05) is 25.1 Å². The molecule has 0 aromatic heterocycles. The molecule has 2 N–H and O–H groups in total. The summed E-state index contributed by atoms with van der Waals surface area (Å²) in [6.07, 6.45) is 2.63. The average molecular weight is 661 g/mol. The lowest BCUT2D eigenvalue weighted by atomic mass is 10.0. The number of benzene rings is 2. The quantitative estimate of drug-likeness (QED) is 0.369. The Morgan fingerprint density at radius 1 is 1.11 bits per heavy atom. The first kappa shape index (κ1) is 37.4. The summed E-state index contributed by atoms with van der Waals surface area (Å²) in [7, 11) is 1.69. The van der Waals surface area contributed by atoms with Crippen molar-refractivity contribution in [1.82, 2.24) is 14.1 Å². The van der Waals surface area contributed by atoms with Gasteiger partial charge in [0.1, 0.15) is 5.75 Å². The van der Waals surface area contributed by atoms with Gasteiger partial charge >= 0.3 is 0 Å². The van der Waals surface area contributed by atoms with Crippen LogP contribution in [0.2, 0.25) is 0 Å². The van der Waals surface area contributed by atoms with Gasteiger partial charge in [-0.15, -0.1) is 0 Å². The Labute approximate surface area is 274 Å². The molecule has 256 valence electrons. The fourth-order valence-corrected chi connectivity index (χ4v) is 6.57. The van der Waals surface area contributed by atoms with Gasteiger partial charge in [0.05, 0.1) is 35.3 Å². The average Bonchev–Trinajstić information content (AvgIpc) is 3.02. The summed E-state index contributed by atoms with van der Waals surface area (Å²) in [5.74, 6) is -0.393. The maximum Gasteiger partial charge on any atom is 0.258 e. The van der Waals surface area contributed by atoms with Gasteiger partial charge in [0.15, 0.2) is 0 Å². The summed E-state index contributed by atoms with van der Waals surface area (Å²) in [5, 5.41) is 13.1. The highest BCUT2D eigenvalue weighted by atomic mass is 32.2. The van der Waals surface area contributed by atoms with E-state index in [4.69, 9.17) is 9.47 Å². The van der Waals surface area contributed by atoms with Crippen LogP contribution in [0.5, 0.6) is 5.75 Å². The molecule has 2 amide bonds. The number of amides is 2. The van der Waals surface area contributed by atoms with E-state index in [-0.39, 0.29) is 54.0 Å². The minimum atomic E-state index is -3.76. The summed E-state index contributed by atoms with van der Waals surface area (Å²) in [6, 6.07) is 12.8. The summed E-state index contributed by atoms with van der Waals surface area (Å²) >= 11 is 0. The van der Waals surface area contributed by atoms with E-state index in [9.17, 15) is 23.1 Å². The van der Waals surface area contributed by atoms with Crippen molar-refractivity contribution in [1.29, 1.82) is 0 Å². The lowest BCUT2D eigenvalue weighted by molar-refractivity contribution is -0.116. The Balaban J connectivity index is 1.92. The molecule has 4 atom stereocenters. The zero-order chi connectivity index (χ0) is 33.9. The highest BCUT2D eigenvalue weighted by Crippen LogP contribution is 2.29. The molecule has 1 heterocycles. The Hall–Kier alpha value is -3.03. The zero-order valence-corrected chi connectivity index (χ0v) is 29.0. The molecule has 12 heteroatoms. The summed E-state index contributed by atoms with van der Waals surface area (Å²) < 4.78 is 40.6. The first-order chi connectivity index (χ1) is 21.8. The van der Waals surface area contributed by atoms with E-state index in [1.54, 1.807) is 60.4 Å². The fraction of sp³-hybridized carbons (Fsp3) is 0.588. The van der Waals surface area contributed by atoms with E-state index in [0.29, 0.717) is 30.9 Å². The van der Waals surface area contributed by atoms with Gasteiger partial charge in [-0.2, -0.15) is 4.31 Å². The number of likely N-dealkylation sites (N-methyl/N-ethyl adjacent to an activating group) is 1. The Morgan fingerprint density at radius 2 is 1.83 bits per heavy atom. The number of anilines is 1. The molecule has 0 saturated carbocycles. The van der Waals surface area contributed by atoms with Crippen molar-refractivity contribution in [3.05, 3.63) is 54.1 Å². The third-order valence-electron chi connectivity index (χ3n) is 8.23. The topological polar surface area (TPSA) is 129 Å². The van der Waals surface area contributed by atoms with Gasteiger partial charge in [-0.05, 0) is 90.5 Å². The van der Waals surface area contributed by atoms with Gasteiger partial charge in [-0.25, -0.2) is 8.42 Å². The number of hydrogen-bond donors (Lipinski definition) is 2. The minimum absolute atomic E-state index is 0.0913. The van der Waals surface area contributed by atoms with Crippen molar-refractivity contribution in [3.63, 3.8) is 0 Å². The third-order valence-corrected chi connectivity index (χ3v) is 10.1. The molecule has 0 bridgehead atoms. The molecule has 0 fully saturated rings. The third kappa shape index (κ3) is 10.8. The zero-order valence-electron chi connectivity index (χ0n) is 28.1. The van der Waals surface area contributed by atoms with Crippen LogP contribution in [0.1, 0.15) is 63.2 Å². The number of sulfonamides is 1. The fourth-order valence-electron chi connectivity index (χ4n) is 5.37.